The number of H-pyrrole nitrogens is 1. The Hall–Kier alpha value is -3.54. The van der Waals surface area contributed by atoms with Gasteiger partial charge >= 0.3 is 0 Å². The van der Waals surface area contributed by atoms with Gasteiger partial charge in [0.2, 0.25) is 5.78 Å². The minimum Gasteiger partial charge on any atom is -0.341 e. The predicted molar refractivity (Wildman–Crippen MR) is 136 cm³/mol. The largest absolute Gasteiger partial charge is 0.341 e. The van der Waals surface area contributed by atoms with Gasteiger partial charge in [0.1, 0.15) is 11.5 Å². The van der Waals surface area contributed by atoms with E-state index in [0.29, 0.717) is 5.69 Å². The first-order valence-corrected chi connectivity index (χ1v) is 11.9. The summed E-state index contributed by atoms with van der Waals surface area (Å²) in [5, 5.41) is 3.43. The molecular weight excluding hydrogens is 420 g/mol. The van der Waals surface area contributed by atoms with Gasteiger partial charge in [0.05, 0.1) is 6.04 Å². The number of hydrogen-bond donors (Lipinski definition) is 2. The molecule has 1 aliphatic rings. The Balaban J connectivity index is 1.61. The Morgan fingerprint density at radius 2 is 1.35 bits per heavy atom. The summed E-state index contributed by atoms with van der Waals surface area (Å²) in [4.78, 5) is 24.9. The third kappa shape index (κ3) is 4.58. The summed E-state index contributed by atoms with van der Waals surface area (Å²) in [6.07, 6.45) is 0. The molecule has 1 unspecified atom stereocenters. The third-order valence-corrected chi connectivity index (χ3v) is 6.61. The predicted octanol–water partition coefficient (Wildman–Crippen LogP) is 4.67. The van der Waals surface area contributed by atoms with Crippen LogP contribution in [0.5, 0.6) is 0 Å². The second-order valence-corrected chi connectivity index (χ2v) is 8.82. The first-order chi connectivity index (χ1) is 16.7. The van der Waals surface area contributed by atoms with Gasteiger partial charge in [-0.15, -0.1) is 0 Å². The van der Waals surface area contributed by atoms with E-state index < -0.39 is 0 Å². The van der Waals surface area contributed by atoms with Crippen LogP contribution in [0.1, 0.15) is 33.2 Å². The van der Waals surface area contributed by atoms with Crippen molar-refractivity contribution in [2.45, 2.75) is 18.9 Å². The van der Waals surface area contributed by atoms with Gasteiger partial charge in [0, 0.05) is 43.4 Å². The highest BCUT2D eigenvalue weighted by Gasteiger charge is 2.38. The number of imidazole rings is 1. The van der Waals surface area contributed by atoms with Crippen LogP contribution in [-0.2, 0) is 0 Å². The maximum atomic E-state index is 14.4. The Morgan fingerprint density at radius 1 is 0.824 bits per heavy atom. The van der Waals surface area contributed by atoms with Gasteiger partial charge in [-0.05, 0) is 18.1 Å². The van der Waals surface area contributed by atoms with E-state index in [1.807, 2.05) is 49.4 Å². The molecule has 1 saturated heterocycles. The lowest BCUT2D eigenvalue weighted by Gasteiger charge is -2.38. The smallest absolute Gasteiger partial charge is 0.201 e. The fraction of sp³-hybridized carbons (Fsp3) is 0.241. The zero-order chi connectivity index (χ0) is 23.3. The van der Waals surface area contributed by atoms with Crippen molar-refractivity contribution in [2.75, 3.05) is 26.2 Å². The summed E-state index contributed by atoms with van der Waals surface area (Å²) in [6.45, 7) is 5.33. The minimum absolute atomic E-state index is 0.0653. The molecule has 5 heteroatoms. The number of piperazine rings is 1. The lowest BCUT2D eigenvalue weighted by molar-refractivity contribution is 0.0765. The molecule has 5 nitrogen and oxygen atoms in total. The number of Topliss-reactive ketones (excluding diaryl/α,β-unsaturated/α-hetero) is 1. The van der Waals surface area contributed by atoms with Crippen LogP contribution in [0.4, 0.5) is 0 Å². The Labute approximate surface area is 200 Å². The second-order valence-electron chi connectivity index (χ2n) is 8.82. The Kier molecular flexibility index (Phi) is 6.65. The molecule has 0 saturated carbocycles. The number of benzene rings is 3. The molecule has 0 aliphatic carbocycles. The van der Waals surface area contributed by atoms with Gasteiger partial charge < -0.3 is 10.3 Å². The molecule has 0 amide bonds. The maximum absolute atomic E-state index is 14.4. The minimum atomic E-state index is -0.350. The molecule has 5 rings (SSSR count). The number of carbonyl (C=O) groups is 1. The molecule has 2 heterocycles. The molecule has 34 heavy (non-hydrogen) atoms. The van der Waals surface area contributed by atoms with Crippen molar-refractivity contribution < 1.29 is 4.79 Å². The van der Waals surface area contributed by atoms with Crippen molar-refractivity contribution in [1.29, 1.82) is 0 Å². The number of nitrogens with one attached hydrogen (secondary N) is 2. The number of rotatable bonds is 7. The van der Waals surface area contributed by atoms with Crippen LogP contribution >= 0.6 is 0 Å². The molecule has 3 aromatic carbocycles. The molecule has 0 bridgehead atoms. The number of ketones is 1. The van der Waals surface area contributed by atoms with Crippen molar-refractivity contribution in [3.8, 4) is 11.4 Å². The standard InChI is InChI=1S/C29H30N4O/c1-21-26(32-29(31-21)24-15-9-4-10-16-24)28(34)27(33-19-17-30-18-20-33)25(22-11-5-2-6-12-22)23-13-7-3-8-14-23/h2-16,25,27,30H,17-20H2,1H3,(H,31,32). The lowest BCUT2D eigenvalue weighted by atomic mass is 9.81. The van der Waals surface area contributed by atoms with Crippen LogP contribution in [0.15, 0.2) is 91.0 Å². The van der Waals surface area contributed by atoms with Crippen molar-refractivity contribution in [1.82, 2.24) is 20.2 Å². The molecule has 1 fully saturated rings. The van der Waals surface area contributed by atoms with Crippen LogP contribution < -0.4 is 5.32 Å². The number of aromatic nitrogens is 2. The highest BCUT2D eigenvalue weighted by molar-refractivity contribution is 6.01. The molecule has 0 radical (unpaired) electrons. The molecule has 4 aromatic rings. The molecule has 2 N–H and O–H groups in total. The summed E-state index contributed by atoms with van der Waals surface area (Å²) < 4.78 is 0. The van der Waals surface area contributed by atoms with E-state index in [4.69, 9.17) is 4.98 Å². The normalized spacial score (nSPS) is 15.4. The maximum Gasteiger partial charge on any atom is 0.201 e. The summed E-state index contributed by atoms with van der Waals surface area (Å²) in [6, 6.07) is 30.4. The van der Waals surface area contributed by atoms with E-state index in [2.05, 4.69) is 63.7 Å². The van der Waals surface area contributed by atoms with Gasteiger partial charge in [0.15, 0.2) is 0 Å². The van der Waals surface area contributed by atoms with Crippen molar-refractivity contribution in [3.63, 3.8) is 0 Å². The second kappa shape index (κ2) is 10.2. The topological polar surface area (TPSA) is 61.0 Å². The average Bonchev–Trinajstić information content (AvgIpc) is 3.30. The third-order valence-electron chi connectivity index (χ3n) is 6.61. The fourth-order valence-electron chi connectivity index (χ4n) is 4.94. The Morgan fingerprint density at radius 3 is 1.91 bits per heavy atom. The SMILES string of the molecule is Cc1[nH]c(-c2ccccc2)nc1C(=O)C(C(c1ccccc1)c1ccccc1)N1CCNCC1. The number of hydrogen-bond acceptors (Lipinski definition) is 4. The van der Waals surface area contributed by atoms with E-state index in [9.17, 15) is 4.79 Å². The van der Waals surface area contributed by atoms with E-state index in [1.54, 1.807) is 0 Å². The van der Waals surface area contributed by atoms with Gasteiger partial charge in [-0.1, -0.05) is 91.0 Å². The van der Waals surface area contributed by atoms with Crippen molar-refractivity contribution >= 4 is 5.78 Å². The highest BCUT2D eigenvalue weighted by Crippen LogP contribution is 2.34. The fourth-order valence-corrected chi connectivity index (χ4v) is 4.94. The van der Waals surface area contributed by atoms with Crippen LogP contribution in [-0.4, -0.2) is 52.9 Å². The number of aromatic amines is 1. The van der Waals surface area contributed by atoms with Crippen LogP contribution in [0.2, 0.25) is 0 Å². The summed E-state index contributed by atoms with van der Waals surface area (Å²) in [5.41, 5.74) is 4.60. The average molecular weight is 451 g/mol. The van der Waals surface area contributed by atoms with Crippen LogP contribution in [0, 0.1) is 6.92 Å². The van der Waals surface area contributed by atoms with Crippen LogP contribution in [0.3, 0.4) is 0 Å². The monoisotopic (exact) mass is 450 g/mol. The summed E-state index contributed by atoms with van der Waals surface area (Å²) in [5.74, 6) is 0.705. The van der Waals surface area contributed by atoms with Crippen molar-refractivity contribution in [2.24, 2.45) is 0 Å². The molecular formula is C29H30N4O. The first-order valence-electron chi connectivity index (χ1n) is 11.9. The highest BCUT2D eigenvalue weighted by atomic mass is 16.1. The quantitative estimate of drug-likeness (QED) is 0.402. The van der Waals surface area contributed by atoms with E-state index in [1.165, 1.54) is 0 Å². The number of nitrogens with zero attached hydrogens (tertiary/aromatic N) is 2. The first kappa shape index (κ1) is 22.3. The summed E-state index contributed by atoms with van der Waals surface area (Å²) in [7, 11) is 0. The zero-order valence-electron chi connectivity index (χ0n) is 19.4. The van der Waals surface area contributed by atoms with Gasteiger partial charge in [0.25, 0.3) is 0 Å². The number of carbonyl (C=O) groups excluding carboxylic acids is 1. The Bertz CT molecular complexity index is 1180. The molecule has 1 aliphatic heterocycles. The number of aryl methyl sites for hydroxylation is 1. The van der Waals surface area contributed by atoms with Gasteiger partial charge in [-0.25, -0.2) is 4.98 Å². The summed E-state index contributed by atoms with van der Waals surface area (Å²) >= 11 is 0. The van der Waals surface area contributed by atoms with Crippen LogP contribution in [0.25, 0.3) is 11.4 Å². The molecule has 1 aromatic heterocycles. The van der Waals surface area contributed by atoms with Crippen molar-refractivity contribution in [3.05, 3.63) is 114 Å². The lowest BCUT2D eigenvalue weighted by Crippen LogP contribution is -2.53. The molecule has 0 spiro atoms. The molecule has 172 valence electrons. The molecule has 1 atom stereocenters. The van der Waals surface area contributed by atoms with E-state index in [-0.39, 0.29) is 17.7 Å². The van der Waals surface area contributed by atoms with Gasteiger partial charge in [-0.2, -0.15) is 0 Å². The van der Waals surface area contributed by atoms with Gasteiger partial charge in [-0.3, -0.25) is 9.69 Å². The van der Waals surface area contributed by atoms with E-state index in [0.717, 1.165) is 54.4 Å². The zero-order valence-corrected chi connectivity index (χ0v) is 19.4. The van der Waals surface area contributed by atoms with E-state index >= 15 is 0 Å².